The third-order valence-electron chi connectivity index (χ3n) is 3.77. The molecule has 94 valence electrons. The Labute approximate surface area is 116 Å². The molecule has 1 aliphatic heterocycles. The summed E-state index contributed by atoms with van der Waals surface area (Å²) < 4.78 is 6.02. The van der Waals surface area contributed by atoms with Crippen LogP contribution in [-0.2, 0) is 0 Å². The zero-order valence-corrected chi connectivity index (χ0v) is 11.0. The normalized spacial score (nSPS) is 11.6. The van der Waals surface area contributed by atoms with Gasteiger partial charge in [0.05, 0.1) is 11.6 Å². The van der Waals surface area contributed by atoms with E-state index in [1.165, 1.54) is 5.56 Å². The second-order valence-electron chi connectivity index (χ2n) is 5.05. The van der Waals surface area contributed by atoms with E-state index in [-0.39, 0.29) is 0 Å². The molecule has 0 aliphatic carbocycles. The molecule has 0 aromatic heterocycles. The number of aryl methyl sites for hydroxylation is 1. The Hall–Kier alpha value is -2.79. The van der Waals surface area contributed by atoms with Crippen LogP contribution in [0.4, 0.5) is 0 Å². The van der Waals surface area contributed by atoms with Crippen molar-refractivity contribution in [3.8, 4) is 28.7 Å². The van der Waals surface area contributed by atoms with Crippen LogP contribution >= 0.6 is 0 Å². The largest absolute Gasteiger partial charge is 0.456 e. The molecule has 0 radical (unpaired) electrons. The van der Waals surface area contributed by atoms with Gasteiger partial charge in [-0.1, -0.05) is 30.3 Å². The summed E-state index contributed by atoms with van der Waals surface area (Å²) in [6, 6.07) is 18.2. The third kappa shape index (κ3) is 1.38. The minimum atomic E-state index is 0.685. The maximum atomic E-state index is 9.25. The van der Waals surface area contributed by atoms with E-state index in [0.29, 0.717) is 5.56 Å². The van der Waals surface area contributed by atoms with Crippen molar-refractivity contribution in [3.63, 3.8) is 0 Å². The molecule has 0 amide bonds. The average molecular weight is 257 g/mol. The molecule has 3 aromatic rings. The van der Waals surface area contributed by atoms with Crippen LogP contribution in [-0.4, -0.2) is 0 Å². The van der Waals surface area contributed by atoms with Crippen molar-refractivity contribution in [1.82, 2.24) is 0 Å². The quantitative estimate of drug-likeness (QED) is 0.453. The fraction of sp³-hybridized carbons (Fsp3) is 0.0556. The first-order valence-corrected chi connectivity index (χ1v) is 6.52. The molecular weight excluding hydrogens is 246 g/mol. The van der Waals surface area contributed by atoms with Crippen molar-refractivity contribution in [2.45, 2.75) is 6.92 Å². The second kappa shape index (κ2) is 3.85. The minimum absolute atomic E-state index is 0.685. The van der Waals surface area contributed by atoms with Crippen LogP contribution in [0, 0.1) is 18.3 Å². The molecule has 1 aliphatic rings. The highest BCUT2D eigenvalue weighted by Gasteiger charge is 2.20. The van der Waals surface area contributed by atoms with E-state index in [2.05, 4.69) is 37.3 Å². The van der Waals surface area contributed by atoms with Gasteiger partial charge in [-0.05, 0) is 36.2 Å². The summed E-state index contributed by atoms with van der Waals surface area (Å²) in [5, 5.41) is 11.2. The van der Waals surface area contributed by atoms with E-state index < -0.39 is 0 Å². The number of nitriles is 1. The lowest BCUT2D eigenvalue weighted by molar-refractivity contribution is 0.486. The van der Waals surface area contributed by atoms with E-state index in [1.807, 2.05) is 24.3 Å². The lowest BCUT2D eigenvalue weighted by Crippen LogP contribution is -1.98. The highest BCUT2D eigenvalue weighted by Crippen LogP contribution is 2.47. The summed E-state index contributed by atoms with van der Waals surface area (Å²) >= 11 is 0. The van der Waals surface area contributed by atoms with Crippen molar-refractivity contribution in [2.24, 2.45) is 0 Å². The highest BCUT2D eigenvalue weighted by molar-refractivity contribution is 6.06. The Morgan fingerprint density at radius 1 is 0.950 bits per heavy atom. The lowest BCUT2D eigenvalue weighted by atomic mass is 9.92. The fourth-order valence-electron chi connectivity index (χ4n) is 2.84. The van der Waals surface area contributed by atoms with Crippen LogP contribution in [0.5, 0.6) is 11.5 Å². The smallest absolute Gasteiger partial charge is 0.136 e. The predicted octanol–water partition coefficient (Wildman–Crippen LogP) is 4.79. The van der Waals surface area contributed by atoms with E-state index in [9.17, 15) is 5.26 Å². The number of benzene rings is 3. The summed E-state index contributed by atoms with van der Waals surface area (Å²) in [4.78, 5) is 0. The molecular formula is C18H11NO. The zero-order valence-electron chi connectivity index (χ0n) is 11.0. The molecule has 0 saturated heterocycles. The number of ether oxygens (including phenoxy) is 1. The number of rotatable bonds is 0. The van der Waals surface area contributed by atoms with Gasteiger partial charge in [0, 0.05) is 16.3 Å². The molecule has 20 heavy (non-hydrogen) atoms. The van der Waals surface area contributed by atoms with E-state index in [1.54, 1.807) is 0 Å². The molecule has 0 unspecified atom stereocenters. The molecule has 2 nitrogen and oxygen atoms in total. The lowest BCUT2D eigenvalue weighted by Gasteiger charge is -2.21. The Morgan fingerprint density at radius 2 is 1.85 bits per heavy atom. The fourth-order valence-corrected chi connectivity index (χ4v) is 2.84. The monoisotopic (exact) mass is 257 g/mol. The first-order valence-electron chi connectivity index (χ1n) is 6.52. The number of fused-ring (bicyclic) bond motifs is 2. The van der Waals surface area contributed by atoms with Gasteiger partial charge in [0.25, 0.3) is 0 Å². The van der Waals surface area contributed by atoms with Gasteiger partial charge in [-0.15, -0.1) is 0 Å². The van der Waals surface area contributed by atoms with Gasteiger partial charge >= 0.3 is 0 Å². The van der Waals surface area contributed by atoms with Gasteiger partial charge in [-0.2, -0.15) is 5.26 Å². The zero-order chi connectivity index (χ0) is 13.7. The van der Waals surface area contributed by atoms with E-state index >= 15 is 0 Å². The minimum Gasteiger partial charge on any atom is -0.456 e. The first-order chi connectivity index (χ1) is 9.78. The summed E-state index contributed by atoms with van der Waals surface area (Å²) in [7, 11) is 0. The van der Waals surface area contributed by atoms with Crippen LogP contribution in [0.3, 0.4) is 0 Å². The number of hydrogen-bond acceptors (Lipinski definition) is 2. The second-order valence-corrected chi connectivity index (χ2v) is 5.05. The highest BCUT2D eigenvalue weighted by atomic mass is 16.5. The Bertz CT molecular complexity index is 903. The van der Waals surface area contributed by atoms with Crippen molar-refractivity contribution < 1.29 is 4.74 Å². The third-order valence-corrected chi connectivity index (χ3v) is 3.77. The molecule has 0 saturated carbocycles. The van der Waals surface area contributed by atoms with Crippen molar-refractivity contribution in [1.29, 1.82) is 5.26 Å². The summed E-state index contributed by atoms with van der Waals surface area (Å²) in [5.74, 6) is 1.71. The average Bonchev–Trinajstić information content (AvgIpc) is 2.47. The summed E-state index contributed by atoms with van der Waals surface area (Å²) in [6.07, 6.45) is 0. The van der Waals surface area contributed by atoms with Gasteiger partial charge in [-0.3, -0.25) is 0 Å². The van der Waals surface area contributed by atoms with Gasteiger partial charge in [0.2, 0.25) is 0 Å². The van der Waals surface area contributed by atoms with Gasteiger partial charge in [0.15, 0.2) is 0 Å². The summed E-state index contributed by atoms with van der Waals surface area (Å²) in [6.45, 7) is 2.05. The van der Waals surface area contributed by atoms with Gasteiger partial charge in [-0.25, -0.2) is 0 Å². The Balaban J connectivity index is 2.17. The molecule has 0 bridgehead atoms. The molecule has 3 aromatic carbocycles. The van der Waals surface area contributed by atoms with Crippen molar-refractivity contribution >= 4 is 10.8 Å². The SMILES string of the molecule is Cc1ccc2c(c1)Oc1ccc(C#N)c3cccc-2c13. The first kappa shape index (κ1) is 11.1. The molecule has 0 fully saturated rings. The van der Waals surface area contributed by atoms with Gasteiger partial charge < -0.3 is 4.74 Å². The molecule has 0 spiro atoms. The topological polar surface area (TPSA) is 33.0 Å². The maximum absolute atomic E-state index is 9.25. The van der Waals surface area contributed by atoms with Crippen LogP contribution in [0.15, 0.2) is 48.5 Å². The Morgan fingerprint density at radius 3 is 2.70 bits per heavy atom. The molecule has 4 rings (SSSR count). The van der Waals surface area contributed by atoms with E-state index in [4.69, 9.17) is 4.74 Å². The number of nitrogens with zero attached hydrogens (tertiary/aromatic N) is 1. The van der Waals surface area contributed by atoms with E-state index in [0.717, 1.165) is 33.4 Å². The maximum Gasteiger partial charge on any atom is 0.136 e. The number of hydrogen-bond donors (Lipinski definition) is 0. The summed E-state index contributed by atoms with van der Waals surface area (Å²) in [5.41, 5.74) is 4.08. The molecule has 0 N–H and O–H groups in total. The standard InChI is InChI=1S/C18H11NO/c1-11-5-7-14-15-4-2-3-13-12(10-19)6-8-16(18(13)15)20-17(14)9-11/h2-9H,1H3. The van der Waals surface area contributed by atoms with Crippen LogP contribution in [0.25, 0.3) is 21.9 Å². The van der Waals surface area contributed by atoms with Crippen molar-refractivity contribution in [2.75, 3.05) is 0 Å². The van der Waals surface area contributed by atoms with Crippen LogP contribution in [0.1, 0.15) is 11.1 Å². The Kier molecular flexibility index (Phi) is 2.13. The molecule has 2 heteroatoms. The van der Waals surface area contributed by atoms with Crippen molar-refractivity contribution in [3.05, 3.63) is 59.7 Å². The molecule has 1 heterocycles. The van der Waals surface area contributed by atoms with Gasteiger partial charge in [0.1, 0.15) is 11.5 Å². The predicted molar refractivity (Wildman–Crippen MR) is 78.9 cm³/mol. The van der Waals surface area contributed by atoms with Crippen LogP contribution in [0.2, 0.25) is 0 Å². The van der Waals surface area contributed by atoms with Crippen LogP contribution < -0.4 is 4.74 Å². The molecule has 0 atom stereocenters.